The Hall–Kier alpha value is -3.30. The van der Waals surface area contributed by atoms with Crippen LogP contribution < -0.4 is 5.32 Å². The van der Waals surface area contributed by atoms with Crippen LogP contribution in [0.2, 0.25) is 0 Å². The minimum atomic E-state index is -1.12. The molecule has 2 fully saturated rings. The molecule has 154 valence electrons. The lowest BCUT2D eigenvalue weighted by atomic mass is 9.81. The zero-order valence-corrected chi connectivity index (χ0v) is 15.8. The fraction of sp³-hybridized carbons (Fsp3) is 0.474. The molecule has 1 heterocycles. The number of benzene rings is 1. The molecule has 0 spiro atoms. The van der Waals surface area contributed by atoms with Gasteiger partial charge in [-0.15, -0.1) is 0 Å². The number of nitrogens with zero attached hydrogens (tertiary/aromatic N) is 2. The molecule has 2 aliphatic rings. The van der Waals surface area contributed by atoms with Crippen molar-refractivity contribution < 1.29 is 28.8 Å². The SMILES string of the molecule is C[C@@H](C(=O)OCC(=O)Nc1cccc([N+](=O)[O-])c1)N1C(=O)[C@@H]2CCCC[C@H]2C1=O. The number of amides is 3. The van der Waals surface area contributed by atoms with Crippen LogP contribution in [-0.2, 0) is 23.9 Å². The Bertz CT molecular complexity index is 845. The van der Waals surface area contributed by atoms with Gasteiger partial charge in [0.1, 0.15) is 6.04 Å². The van der Waals surface area contributed by atoms with Crippen molar-refractivity contribution in [1.29, 1.82) is 0 Å². The predicted octanol–water partition coefficient (Wildman–Crippen LogP) is 1.64. The number of fused-ring (bicyclic) bond motifs is 1. The van der Waals surface area contributed by atoms with Crippen molar-refractivity contribution in [2.75, 3.05) is 11.9 Å². The Morgan fingerprint density at radius 3 is 2.45 bits per heavy atom. The summed E-state index contributed by atoms with van der Waals surface area (Å²) < 4.78 is 4.95. The molecule has 10 heteroatoms. The zero-order valence-electron chi connectivity index (χ0n) is 15.8. The zero-order chi connectivity index (χ0) is 21.1. The van der Waals surface area contributed by atoms with Gasteiger partial charge in [0.2, 0.25) is 11.8 Å². The highest BCUT2D eigenvalue weighted by Crippen LogP contribution is 2.38. The van der Waals surface area contributed by atoms with Gasteiger partial charge < -0.3 is 10.1 Å². The van der Waals surface area contributed by atoms with E-state index in [-0.39, 0.29) is 35.0 Å². The van der Waals surface area contributed by atoms with E-state index in [1.54, 1.807) is 0 Å². The van der Waals surface area contributed by atoms with Crippen LogP contribution in [0.1, 0.15) is 32.6 Å². The lowest BCUT2D eigenvalue weighted by molar-refractivity contribution is -0.384. The van der Waals surface area contributed by atoms with Gasteiger partial charge in [0, 0.05) is 17.8 Å². The third kappa shape index (κ3) is 4.25. The summed E-state index contributed by atoms with van der Waals surface area (Å²) in [5, 5.41) is 13.2. The fourth-order valence-corrected chi connectivity index (χ4v) is 3.83. The van der Waals surface area contributed by atoms with Crippen LogP contribution in [-0.4, -0.2) is 46.2 Å². The highest BCUT2D eigenvalue weighted by molar-refractivity contribution is 6.08. The third-order valence-electron chi connectivity index (χ3n) is 5.29. The first-order chi connectivity index (χ1) is 13.8. The maximum atomic E-state index is 12.5. The summed E-state index contributed by atoms with van der Waals surface area (Å²) in [4.78, 5) is 60.4. The molecule has 1 aliphatic carbocycles. The Morgan fingerprint density at radius 1 is 1.24 bits per heavy atom. The molecule has 1 aromatic carbocycles. The van der Waals surface area contributed by atoms with Gasteiger partial charge in [-0.25, -0.2) is 4.79 Å². The fourth-order valence-electron chi connectivity index (χ4n) is 3.83. The molecular formula is C19H21N3O7. The topological polar surface area (TPSA) is 136 Å². The molecule has 1 aliphatic heterocycles. The molecule has 3 atom stereocenters. The Morgan fingerprint density at radius 2 is 1.86 bits per heavy atom. The highest BCUT2D eigenvalue weighted by atomic mass is 16.6. The van der Waals surface area contributed by atoms with Crippen LogP contribution in [0.25, 0.3) is 0 Å². The van der Waals surface area contributed by atoms with Crippen LogP contribution >= 0.6 is 0 Å². The number of likely N-dealkylation sites (tertiary alicyclic amines) is 1. The van der Waals surface area contributed by atoms with Crippen molar-refractivity contribution in [3.63, 3.8) is 0 Å². The summed E-state index contributed by atoms with van der Waals surface area (Å²) in [5.74, 6) is -3.01. The van der Waals surface area contributed by atoms with E-state index in [1.165, 1.54) is 31.2 Å². The summed E-state index contributed by atoms with van der Waals surface area (Å²) in [6.07, 6.45) is 3.04. The molecule has 3 amide bonds. The Kier molecular flexibility index (Phi) is 5.90. The quantitative estimate of drug-likeness (QED) is 0.330. The number of esters is 1. The van der Waals surface area contributed by atoms with Gasteiger partial charge in [-0.2, -0.15) is 0 Å². The first-order valence-corrected chi connectivity index (χ1v) is 9.37. The molecule has 0 unspecified atom stereocenters. The second-order valence-electron chi connectivity index (χ2n) is 7.18. The highest BCUT2D eigenvalue weighted by Gasteiger charge is 2.51. The number of nitrogens with one attached hydrogen (secondary N) is 1. The average molecular weight is 403 g/mol. The van der Waals surface area contributed by atoms with Gasteiger partial charge in [0.05, 0.1) is 16.8 Å². The van der Waals surface area contributed by atoms with Gasteiger partial charge in [0.15, 0.2) is 6.61 Å². The number of imide groups is 1. The molecule has 1 saturated carbocycles. The van der Waals surface area contributed by atoms with Gasteiger partial charge in [-0.1, -0.05) is 18.9 Å². The predicted molar refractivity (Wildman–Crippen MR) is 99.4 cm³/mol. The third-order valence-corrected chi connectivity index (χ3v) is 5.29. The molecule has 10 nitrogen and oxygen atoms in total. The molecule has 1 aromatic rings. The van der Waals surface area contributed by atoms with Crippen molar-refractivity contribution in [3.05, 3.63) is 34.4 Å². The van der Waals surface area contributed by atoms with E-state index in [0.717, 1.165) is 17.7 Å². The minimum Gasteiger partial charge on any atom is -0.454 e. The number of anilines is 1. The molecule has 0 radical (unpaired) electrons. The Balaban J connectivity index is 1.55. The monoisotopic (exact) mass is 403 g/mol. The van der Waals surface area contributed by atoms with Crippen LogP contribution in [0, 0.1) is 22.0 Å². The maximum absolute atomic E-state index is 12.5. The van der Waals surface area contributed by atoms with E-state index in [4.69, 9.17) is 4.74 Å². The summed E-state index contributed by atoms with van der Waals surface area (Å²) in [6, 6.07) is 4.20. The molecule has 0 bridgehead atoms. The number of ether oxygens (including phenoxy) is 1. The molecule has 1 saturated heterocycles. The van der Waals surface area contributed by atoms with Crippen molar-refractivity contribution in [2.45, 2.75) is 38.6 Å². The van der Waals surface area contributed by atoms with E-state index < -0.39 is 29.4 Å². The van der Waals surface area contributed by atoms with E-state index in [1.807, 2.05) is 0 Å². The second-order valence-corrected chi connectivity index (χ2v) is 7.18. The van der Waals surface area contributed by atoms with Crippen molar-refractivity contribution in [3.8, 4) is 0 Å². The number of carbonyl (C=O) groups excluding carboxylic acids is 4. The van der Waals surface area contributed by atoms with Gasteiger partial charge in [0.25, 0.3) is 11.6 Å². The second kappa shape index (κ2) is 8.38. The number of hydrogen-bond donors (Lipinski definition) is 1. The summed E-state index contributed by atoms with van der Waals surface area (Å²) in [7, 11) is 0. The standard InChI is InChI=1S/C19H21N3O7/c1-11(21-17(24)14-7-2-3-8-15(14)18(21)25)19(26)29-10-16(23)20-12-5-4-6-13(9-12)22(27)28/h4-6,9,11,14-15H,2-3,7-8,10H2,1H3,(H,20,23)/t11-,14+,15+/m0/s1. The lowest BCUT2D eigenvalue weighted by Crippen LogP contribution is -2.45. The first-order valence-electron chi connectivity index (χ1n) is 9.37. The molecule has 3 rings (SSSR count). The van der Waals surface area contributed by atoms with Gasteiger partial charge in [-0.05, 0) is 25.8 Å². The van der Waals surface area contributed by atoms with Gasteiger partial charge in [-0.3, -0.25) is 29.4 Å². The minimum absolute atomic E-state index is 0.183. The number of rotatable bonds is 6. The number of carbonyl (C=O) groups is 4. The summed E-state index contributed by atoms with van der Waals surface area (Å²) >= 11 is 0. The van der Waals surface area contributed by atoms with E-state index in [0.29, 0.717) is 12.8 Å². The van der Waals surface area contributed by atoms with Crippen molar-refractivity contribution >= 4 is 35.1 Å². The molecule has 1 N–H and O–H groups in total. The van der Waals surface area contributed by atoms with E-state index >= 15 is 0 Å². The lowest BCUT2D eigenvalue weighted by Gasteiger charge is -2.21. The maximum Gasteiger partial charge on any atom is 0.329 e. The van der Waals surface area contributed by atoms with Gasteiger partial charge >= 0.3 is 5.97 Å². The number of hydrogen-bond acceptors (Lipinski definition) is 7. The van der Waals surface area contributed by atoms with Crippen molar-refractivity contribution in [1.82, 2.24) is 4.90 Å². The smallest absolute Gasteiger partial charge is 0.329 e. The summed E-state index contributed by atoms with van der Waals surface area (Å²) in [6.45, 7) is 0.753. The molecule has 29 heavy (non-hydrogen) atoms. The largest absolute Gasteiger partial charge is 0.454 e. The molecular weight excluding hydrogens is 382 g/mol. The van der Waals surface area contributed by atoms with Crippen LogP contribution in [0.5, 0.6) is 0 Å². The first kappa shape index (κ1) is 20.4. The number of nitro groups is 1. The van der Waals surface area contributed by atoms with Crippen LogP contribution in [0.3, 0.4) is 0 Å². The van der Waals surface area contributed by atoms with E-state index in [9.17, 15) is 29.3 Å². The number of non-ortho nitro benzene ring substituents is 1. The Labute approximate surface area is 166 Å². The van der Waals surface area contributed by atoms with Crippen molar-refractivity contribution in [2.24, 2.45) is 11.8 Å². The molecule has 0 aromatic heterocycles. The number of nitro benzene ring substituents is 1. The normalized spacial score (nSPS) is 22.0. The summed E-state index contributed by atoms with van der Waals surface area (Å²) in [5.41, 5.74) is -0.0109. The average Bonchev–Trinajstić information content (AvgIpc) is 2.96. The van der Waals surface area contributed by atoms with E-state index in [2.05, 4.69) is 5.32 Å². The van der Waals surface area contributed by atoms with Crippen LogP contribution in [0.4, 0.5) is 11.4 Å². The van der Waals surface area contributed by atoms with Crippen LogP contribution in [0.15, 0.2) is 24.3 Å².